The number of hydrogen-bond acceptors (Lipinski definition) is 3. The molecule has 2 aromatic carbocycles. The van der Waals surface area contributed by atoms with Crippen LogP contribution in [0.1, 0.15) is 16.0 Å². The number of methoxy groups -OCH3 is 2. The van der Waals surface area contributed by atoms with Crippen LogP contribution in [0.5, 0.6) is 11.5 Å². The van der Waals surface area contributed by atoms with E-state index in [9.17, 15) is 4.39 Å². The van der Waals surface area contributed by atoms with E-state index in [1.807, 2.05) is 30.5 Å². The molecule has 0 bridgehead atoms. The number of rotatable bonds is 5. The zero-order chi connectivity index (χ0) is 15.4. The van der Waals surface area contributed by atoms with Gasteiger partial charge in [-0.15, -0.1) is 11.8 Å². The molecule has 21 heavy (non-hydrogen) atoms. The van der Waals surface area contributed by atoms with Crippen LogP contribution in [0.4, 0.5) is 4.39 Å². The third kappa shape index (κ3) is 3.52. The summed E-state index contributed by atoms with van der Waals surface area (Å²) in [7, 11) is 3.03. The molecular formula is C16H16BrFO2S. The maximum Gasteiger partial charge on any atom is 0.163 e. The number of alkyl halides is 1. The molecule has 0 saturated heterocycles. The smallest absolute Gasteiger partial charge is 0.163 e. The first-order chi connectivity index (χ1) is 10.1. The van der Waals surface area contributed by atoms with Gasteiger partial charge in [-0.2, -0.15) is 0 Å². The largest absolute Gasteiger partial charge is 0.493 e. The van der Waals surface area contributed by atoms with E-state index in [4.69, 9.17) is 9.47 Å². The van der Waals surface area contributed by atoms with E-state index in [1.54, 1.807) is 17.8 Å². The van der Waals surface area contributed by atoms with E-state index in [1.165, 1.54) is 25.2 Å². The highest BCUT2D eigenvalue weighted by atomic mass is 79.9. The summed E-state index contributed by atoms with van der Waals surface area (Å²) in [4.78, 5) is 0.930. The summed E-state index contributed by atoms with van der Waals surface area (Å²) < 4.78 is 24.6. The summed E-state index contributed by atoms with van der Waals surface area (Å²) in [6, 6.07) is 11.0. The standard InChI is InChI=1S/C16H16BrFO2S/c1-19-14-8-12(13(18)9-15(14)20-2)16(17)10-4-6-11(21-3)7-5-10/h4-9,16H,1-3H3. The maximum absolute atomic E-state index is 14.3. The second kappa shape index (κ2) is 7.18. The molecule has 0 saturated carbocycles. The molecule has 112 valence electrons. The Labute approximate surface area is 136 Å². The zero-order valence-electron chi connectivity index (χ0n) is 12.0. The van der Waals surface area contributed by atoms with Crippen LogP contribution >= 0.6 is 27.7 Å². The lowest BCUT2D eigenvalue weighted by Crippen LogP contribution is -2.00. The zero-order valence-corrected chi connectivity index (χ0v) is 14.4. The summed E-state index contributed by atoms with van der Waals surface area (Å²) in [6.45, 7) is 0. The minimum Gasteiger partial charge on any atom is -0.493 e. The summed E-state index contributed by atoms with van der Waals surface area (Å²) in [5, 5.41) is 0. The highest BCUT2D eigenvalue weighted by Crippen LogP contribution is 2.38. The van der Waals surface area contributed by atoms with Gasteiger partial charge in [-0.3, -0.25) is 0 Å². The van der Waals surface area contributed by atoms with Crippen molar-refractivity contribution in [2.45, 2.75) is 9.72 Å². The van der Waals surface area contributed by atoms with E-state index in [0.717, 1.165) is 5.56 Å². The van der Waals surface area contributed by atoms with Crippen LogP contribution in [0, 0.1) is 5.82 Å². The monoisotopic (exact) mass is 370 g/mol. The molecule has 0 N–H and O–H groups in total. The average Bonchev–Trinajstić information content (AvgIpc) is 2.54. The van der Waals surface area contributed by atoms with Crippen LogP contribution in [0.15, 0.2) is 41.3 Å². The summed E-state index contributed by atoms with van der Waals surface area (Å²) >= 11 is 5.23. The number of halogens is 2. The van der Waals surface area contributed by atoms with Crippen molar-refractivity contribution in [2.75, 3.05) is 20.5 Å². The van der Waals surface area contributed by atoms with Crippen LogP contribution in [0.2, 0.25) is 0 Å². The van der Waals surface area contributed by atoms with Crippen molar-refractivity contribution >= 4 is 27.7 Å². The molecule has 5 heteroatoms. The molecule has 0 spiro atoms. The predicted octanol–water partition coefficient (Wildman–Crippen LogP) is 5.05. The molecule has 2 nitrogen and oxygen atoms in total. The van der Waals surface area contributed by atoms with Gasteiger partial charge in [-0.05, 0) is 30.0 Å². The third-order valence-corrected chi connectivity index (χ3v) is 4.95. The minimum absolute atomic E-state index is 0.242. The third-order valence-electron chi connectivity index (χ3n) is 3.18. The molecule has 0 aliphatic carbocycles. The van der Waals surface area contributed by atoms with E-state index in [-0.39, 0.29) is 10.6 Å². The van der Waals surface area contributed by atoms with Gasteiger partial charge in [0.05, 0.1) is 19.0 Å². The van der Waals surface area contributed by atoms with Crippen LogP contribution in [-0.2, 0) is 0 Å². The highest BCUT2D eigenvalue weighted by molar-refractivity contribution is 9.09. The molecule has 2 rings (SSSR count). The van der Waals surface area contributed by atoms with Crippen LogP contribution in [-0.4, -0.2) is 20.5 Å². The van der Waals surface area contributed by atoms with Crippen LogP contribution < -0.4 is 9.47 Å². The van der Waals surface area contributed by atoms with Crippen molar-refractivity contribution in [3.8, 4) is 11.5 Å². The van der Waals surface area contributed by atoms with Crippen molar-refractivity contribution in [1.29, 1.82) is 0 Å². The summed E-state index contributed by atoms with van der Waals surface area (Å²) in [5.41, 5.74) is 1.50. The van der Waals surface area contributed by atoms with Crippen molar-refractivity contribution in [3.05, 3.63) is 53.3 Å². The Balaban J connectivity index is 2.39. The lowest BCUT2D eigenvalue weighted by atomic mass is 10.0. The number of ether oxygens (including phenoxy) is 2. The molecule has 0 amide bonds. The molecule has 0 radical (unpaired) electrons. The molecule has 0 aliphatic heterocycles. The SMILES string of the molecule is COc1cc(F)c(C(Br)c2ccc(SC)cc2)cc1OC. The van der Waals surface area contributed by atoms with Crippen molar-refractivity contribution < 1.29 is 13.9 Å². The first-order valence-electron chi connectivity index (χ1n) is 6.30. The van der Waals surface area contributed by atoms with E-state index < -0.39 is 0 Å². The van der Waals surface area contributed by atoms with Gasteiger partial charge in [0.15, 0.2) is 11.5 Å². The summed E-state index contributed by atoms with van der Waals surface area (Å²) in [5.74, 6) is 0.568. The lowest BCUT2D eigenvalue weighted by Gasteiger charge is -2.15. The van der Waals surface area contributed by atoms with Gasteiger partial charge in [0, 0.05) is 16.5 Å². The first-order valence-corrected chi connectivity index (χ1v) is 8.44. The van der Waals surface area contributed by atoms with Crippen molar-refractivity contribution in [2.24, 2.45) is 0 Å². The first kappa shape index (κ1) is 16.2. The molecular weight excluding hydrogens is 355 g/mol. The Bertz CT molecular complexity index is 616. The fraction of sp³-hybridized carbons (Fsp3) is 0.250. The number of thioether (sulfide) groups is 1. The molecule has 2 aromatic rings. The van der Waals surface area contributed by atoms with E-state index in [0.29, 0.717) is 17.1 Å². The second-order valence-electron chi connectivity index (χ2n) is 4.36. The van der Waals surface area contributed by atoms with Gasteiger partial charge >= 0.3 is 0 Å². The van der Waals surface area contributed by atoms with Gasteiger partial charge in [0.2, 0.25) is 0 Å². The fourth-order valence-corrected chi connectivity index (χ4v) is 3.08. The van der Waals surface area contributed by atoms with Gasteiger partial charge in [0.1, 0.15) is 5.82 Å². The quantitative estimate of drug-likeness (QED) is 0.541. The van der Waals surface area contributed by atoms with E-state index >= 15 is 0 Å². The van der Waals surface area contributed by atoms with Crippen molar-refractivity contribution in [1.82, 2.24) is 0 Å². The Morgan fingerprint density at radius 2 is 1.62 bits per heavy atom. The molecule has 0 aromatic heterocycles. The van der Waals surface area contributed by atoms with Gasteiger partial charge < -0.3 is 9.47 Å². The highest BCUT2D eigenvalue weighted by Gasteiger charge is 2.18. The van der Waals surface area contributed by atoms with Crippen LogP contribution in [0.25, 0.3) is 0 Å². The van der Waals surface area contributed by atoms with Crippen molar-refractivity contribution in [3.63, 3.8) is 0 Å². The molecule has 1 atom stereocenters. The molecule has 1 unspecified atom stereocenters. The molecule has 0 fully saturated rings. The normalized spacial score (nSPS) is 12.0. The average molecular weight is 371 g/mol. The Morgan fingerprint density at radius 1 is 1.05 bits per heavy atom. The number of benzene rings is 2. The Kier molecular flexibility index (Phi) is 5.53. The fourth-order valence-electron chi connectivity index (χ4n) is 2.02. The predicted molar refractivity (Wildman–Crippen MR) is 88.5 cm³/mol. The molecule has 0 aliphatic rings. The maximum atomic E-state index is 14.3. The number of hydrogen-bond donors (Lipinski definition) is 0. The van der Waals surface area contributed by atoms with Crippen LogP contribution in [0.3, 0.4) is 0 Å². The van der Waals surface area contributed by atoms with Gasteiger partial charge in [0.25, 0.3) is 0 Å². The van der Waals surface area contributed by atoms with Gasteiger partial charge in [-0.1, -0.05) is 28.1 Å². The Hall–Kier alpha value is -1.20. The molecule has 0 heterocycles. The topological polar surface area (TPSA) is 18.5 Å². The minimum atomic E-state index is -0.330. The van der Waals surface area contributed by atoms with Gasteiger partial charge in [-0.25, -0.2) is 4.39 Å². The van der Waals surface area contributed by atoms with E-state index in [2.05, 4.69) is 15.9 Å². The summed E-state index contributed by atoms with van der Waals surface area (Å²) in [6.07, 6.45) is 2.02. The lowest BCUT2D eigenvalue weighted by molar-refractivity contribution is 0.351. The Morgan fingerprint density at radius 3 is 2.14 bits per heavy atom. The second-order valence-corrected chi connectivity index (χ2v) is 6.16.